The summed E-state index contributed by atoms with van der Waals surface area (Å²) in [5.41, 5.74) is 1.54. The average Bonchev–Trinajstić information content (AvgIpc) is 3.59. The molecule has 0 radical (unpaired) electrons. The number of halogens is 3. The van der Waals surface area contributed by atoms with Crippen LogP contribution in [0, 0.1) is 34.5 Å². The number of aliphatic imine (C=N–C) groups is 1. The van der Waals surface area contributed by atoms with Gasteiger partial charge in [0, 0.05) is 30.5 Å². The van der Waals surface area contributed by atoms with E-state index in [2.05, 4.69) is 11.1 Å². The zero-order valence-electron chi connectivity index (χ0n) is 16.8. The van der Waals surface area contributed by atoms with Gasteiger partial charge in [-0.15, -0.1) is 0 Å². The summed E-state index contributed by atoms with van der Waals surface area (Å²) in [5, 5.41) is 0.782. The minimum Gasteiger partial charge on any atom is -0.494 e. The summed E-state index contributed by atoms with van der Waals surface area (Å²) < 4.78 is 42.4. The molecule has 1 saturated heterocycles. The third-order valence-electron chi connectivity index (χ3n) is 8.29. The number of hydrogen-bond acceptors (Lipinski definition) is 4. The molecule has 0 amide bonds. The molecule has 2 aliphatic heterocycles. The normalized spacial score (nSPS) is 38.5. The molecule has 4 unspecified atom stereocenters. The summed E-state index contributed by atoms with van der Waals surface area (Å²) in [6.45, 7) is 0.0814. The number of alkyl halides is 2. The molecule has 0 N–H and O–H groups in total. The van der Waals surface area contributed by atoms with Crippen molar-refractivity contribution >= 4 is 17.8 Å². The lowest BCUT2D eigenvalue weighted by Gasteiger charge is -2.54. The molecular weight excluding hydrogens is 412 g/mol. The van der Waals surface area contributed by atoms with Crippen LogP contribution in [0.15, 0.2) is 39.3 Å². The van der Waals surface area contributed by atoms with E-state index in [9.17, 15) is 8.78 Å². The molecule has 4 atom stereocenters. The Kier molecular flexibility index (Phi) is 4.37. The maximum Gasteiger partial charge on any atom is 0.387 e. The van der Waals surface area contributed by atoms with Gasteiger partial charge < -0.3 is 14.2 Å². The molecule has 162 valence electrons. The van der Waals surface area contributed by atoms with Crippen molar-refractivity contribution < 1.29 is 23.0 Å². The topological polar surface area (TPSA) is 40.0 Å². The summed E-state index contributed by atoms with van der Waals surface area (Å²) in [4.78, 5) is 4.50. The van der Waals surface area contributed by atoms with Crippen molar-refractivity contribution in [2.45, 2.75) is 38.7 Å². The third kappa shape index (κ3) is 2.89. The van der Waals surface area contributed by atoms with E-state index in [4.69, 9.17) is 25.8 Å². The lowest BCUT2D eigenvalue weighted by atomic mass is 9.56. The van der Waals surface area contributed by atoms with E-state index in [1.54, 1.807) is 12.3 Å². The van der Waals surface area contributed by atoms with Gasteiger partial charge >= 0.3 is 6.61 Å². The van der Waals surface area contributed by atoms with Gasteiger partial charge in [-0.1, -0.05) is 17.7 Å². The van der Waals surface area contributed by atoms with Gasteiger partial charge in [-0.25, -0.2) is 0 Å². The van der Waals surface area contributed by atoms with Crippen LogP contribution >= 0.6 is 11.6 Å². The summed E-state index contributed by atoms with van der Waals surface area (Å²) >= 11 is 6.62. The van der Waals surface area contributed by atoms with Gasteiger partial charge in [0.1, 0.15) is 5.76 Å². The first-order valence-corrected chi connectivity index (χ1v) is 11.3. The van der Waals surface area contributed by atoms with Crippen LogP contribution in [-0.4, -0.2) is 39.2 Å². The standard InChI is InChI=1S/C23H26ClF2NO3/c24-17-9-27-8-16-15(17)6-22(7-20(22)23(16)11-28-12-23)14-3-4-18(30-21(25)26)19(5-14)29-10-13-1-2-13/h3-4,9,13-14,16,20-21H,1-2,5-8,10-12H2. The molecule has 7 heteroatoms. The molecule has 4 fully saturated rings. The highest BCUT2D eigenvalue weighted by Gasteiger charge is 2.73. The van der Waals surface area contributed by atoms with Crippen molar-refractivity contribution in [2.75, 3.05) is 26.4 Å². The molecule has 0 bridgehead atoms. The number of rotatable bonds is 6. The van der Waals surface area contributed by atoms with Crippen molar-refractivity contribution in [3.63, 3.8) is 0 Å². The van der Waals surface area contributed by atoms with Gasteiger partial charge in [0.05, 0.1) is 24.9 Å². The van der Waals surface area contributed by atoms with Crippen LogP contribution in [0.2, 0.25) is 0 Å². The molecule has 3 saturated carbocycles. The fourth-order valence-corrected chi connectivity index (χ4v) is 6.67. The number of dihydropyridines is 1. The quantitative estimate of drug-likeness (QED) is 0.583. The molecule has 4 nitrogen and oxygen atoms in total. The zero-order chi connectivity index (χ0) is 20.5. The minimum absolute atomic E-state index is 0.0992. The Morgan fingerprint density at radius 1 is 1.27 bits per heavy atom. The van der Waals surface area contributed by atoms with E-state index >= 15 is 0 Å². The number of nitrogens with zero attached hydrogens (tertiary/aromatic N) is 1. The van der Waals surface area contributed by atoms with Gasteiger partial charge in [-0.2, -0.15) is 8.78 Å². The lowest BCUT2D eigenvalue weighted by molar-refractivity contribution is -0.166. The van der Waals surface area contributed by atoms with E-state index in [-0.39, 0.29) is 22.5 Å². The maximum atomic E-state index is 12.9. The second-order valence-corrected chi connectivity index (χ2v) is 10.3. The van der Waals surface area contributed by atoms with Crippen LogP contribution in [0.3, 0.4) is 0 Å². The fraction of sp³-hybridized carbons (Fsp3) is 0.696. The second-order valence-electron chi connectivity index (χ2n) is 9.90. The smallest absolute Gasteiger partial charge is 0.387 e. The molecule has 6 aliphatic rings. The van der Waals surface area contributed by atoms with Crippen LogP contribution in [0.25, 0.3) is 0 Å². The molecule has 30 heavy (non-hydrogen) atoms. The molecule has 1 spiro atoms. The number of hydrogen-bond donors (Lipinski definition) is 0. The van der Waals surface area contributed by atoms with Crippen molar-refractivity contribution in [2.24, 2.45) is 39.5 Å². The van der Waals surface area contributed by atoms with Crippen molar-refractivity contribution in [3.05, 3.63) is 34.3 Å². The largest absolute Gasteiger partial charge is 0.494 e. The van der Waals surface area contributed by atoms with Gasteiger partial charge in [-0.3, -0.25) is 4.99 Å². The summed E-state index contributed by atoms with van der Waals surface area (Å²) in [5.74, 6) is 2.49. The Bertz CT molecular complexity index is 874. The number of allylic oxidation sites excluding steroid dienone is 4. The Balaban J connectivity index is 1.29. The summed E-state index contributed by atoms with van der Waals surface area (Å²) in [7, 11) is 0. The highest BCUT2D eigenvalue weighted by Crippen LogP contribution is 2.77. The number of ether oxygens (including phenoxy) is 3. The number of fused-ring (bicyclic) bond motifs is 4. The SMILES string of the molecule is FC(F)OC1=C(OCC2CC2)CC(C23CC4=C(Cl)C=NCC4C4(COC4)C2C3)C=C1. The van der Waals surface area contributed by atoms with Gasteiger partial charge in [0.15, 0.2) is 5.76 Å². The van der Waals surface area contributed by atoms with Crippen LogP contribution in [0.5, 0.6) is 0 Å². The minimum atomic E-state index is -2.84. The van der Waals surface area contributed by atoms with Crippen molar-refractivity contribution in [1.82, 2.24) is 0 Å². The van der Waals surface area contributed by atoms with E-state index in [1.165, 1.54) is 5.57 Å². The summed E-state index contributed by atoms with van der Waals surface area (Å²) in [6.07, 6.45) is 10.6. The highest BCUT2D eigenvalue weighted by atomic mass is 35.5. The molecule has 0 aromatic carbocycles. The molecule has 0 aromatic heterocycles. The molecule has 6 rings (SSSR count). The fourth-order valence-electron chi connectivity index (χ4n) is 6.40. The Morgan fingerprint density at radius 3 is 2.80 bits per heavy atom. The summed E-state index contributed by atoms with van der Waals surface area (Å²) in [6, 6.07) is 0. The van der Waals surface area contributed by atoms with Gasteiger partial charge in [-0.05, 0) is 60.5 Å². The van der Waals surface area contributed by atoms with Gasteiger partial charge in [0.25, 0.3) is 0 Å². The third-order valence-corrected chi connectivity index (χ3v) is 8.63. The maximum absolute atomic E-state index is 12.9. The van der Waals surface area contributed by atoms with Crippen LogP contribution < -0.4 is 0 Å². The van der Waals surface area contributed by atoms with Gasteiger partial charge in [0.2, 0.25) is 0 Å². The van der Waals surface area contributed by atoms with Crippen molar-refractivity contribution in [1.29, 1.82) is 0 Å². The van der Waals surface area contributed by atoms with E-state index in [0.717, 1.165) is 50.5 Å². The Labute approximate surface area is 180 Å². The molecule has 2 heterocycles. The average molecular weight is 438 g/mol. The Morgan fingerprint density at radius 2 is 2.10 bits per heavy atom. The zero-order valence-corrected chi connectivity index (χ0v) is 17.5. The first-order chi connectivity index (χ1) is 14.5. The molecular formula is C23H26ClF2NO3. The highest BCUT2D eigenvalue weighted by molar-refractivity contribution is 6.39. The lowest BCUT2D eigenvalue weighted by Crippen LogP contribution is -2.56. The van der Waals surface area contributed by atoms with Crippen LogP contribution in [0.1, 0.15) is 32.1 Å². The van der Waals surface area contributed by atoms with Crippen LogP contribution in [-0.2, 0) is 14.2 Å². The molecule has 0 aromatic rings. The predicted octanol–water partition coefficient (Wildman–Crippen LogP) is 5.06. The van der Waals surface area contributed by atoms with Crippen molar-refractivity contribution in [3.8, 4) is 0 Å². The van der Waals surface area contributed by atoms with E-state index in [0.29, 0.717) is 36.5 Å². The second kappa shape index (κ2) is 6.80. The van der Waals surface area contributed by atoms with E-state index in [1.807, 2.05) is 0 Å². The predicted molar refractivity (Wildman–Crippen MR) is 108 cm³/mol. The monoisotopic (exact) mass is 437 g/mol. The first kappa shape index (κ1) is 19.3. The van der Waals surface area contributed by atoms with E-state index < -0.39 is 6.61 Å². The molecule has 4 aliphatic carbocycles. The Hall–Kier alpha value is -1.40. The van der Waals surface area contributed by atoms with Crippen LogP contribution in [0.4, 0.5) is 8.78 Å². The first-order valence-electron chi connectivity index (χ1n) is 11.0.